The SMILES string of the molecule is COc1ccc2c(c1)c1ccccc1c1c3cc(C)c(C)cc3[nH]c3nnc2c31. The van der Waals surface area contributed by atoms with E-state index >= 15 is 0 Å². The van der Waals surface area contributed by atoms with Crippen molar-refractivity contribution in [2.45, 2.75) is 13.8 Å². The lowest BCUT2D eigenvalue weighted by Gasteiger charge is -2.08. The van der Waals surface area contributed by atoms with Crippen LogP contribution in [-0.4, -0.2) is 22.3 Å². The summed E-state index contributed by atoms with van der Waals surface area (Å²) in [6.07, 6.45) is 0. The normalized spacial score (nSPS) is 12.0. The lowest BCUT2D eigenvalue weighted by atomic mass is 9.99. The van der Waals surface area contributed by atoms with Crippen LogP contribution in [0.2, 0.25) is 0 Å². The molecule has 0 aliphatic heterocycles. The Kier molecular flexibility index (Phi) is 3.19. The van der Waals surface area contributed by atoms with E-state index < -0.39 is 0 Å². The molecule has 4 nitrogen and oxygen atoms in total. The van der Waals surface area contributed by atoms with E-state index in [9.17, 15) is 0 Å². The van der Waals surface area contributed by atoms with Crippen LogP contribution in [0.5, 0.6) is 5.75 Å². The van der Waals surface area contributed by atoms with Crippen molar-refractivity contribution in [1.29, 1.82) is 0 Å². The topological polar surface area (TPSA) is 50.8 Å². The first-order valence-electron chi connectivity index (χ1n) is 9.73. The number of nitrogens with zero attached hydrogens (tertiary/aromatic N) is 2. The van der Waals surface area contributed by atoms with Crippen LogP contribution in [-0.2, 0) is 0 Å². The minimum atomic E-state index is 0.823. The summed E-state index contributed by atoms with van der Waals surface area (Å²) in [6.45, 7) is 4.30. The molecule has 0 bridgehead atoms. The van der Waals surface area contributed by atoms with Gasteiger partial charge in [-0.25, -0.2) is 0 Å². The number of methoxy groups -OCH3 is 1. The molecule has 0 saturated carbocycles. The summed E-state index contributed by atoms with van der Waals surface area (Å²) < 4.78 is 5.52. The van der Waals surface area contributed by atoms with Gasteiger partial charge in [0.2, 0.25) is 0 Å². The molecule has 2 heterocycles. The highest BCUT2D eigenvalue weighted by atomic mass is 16.5. The van der Waals surface area contributed by atoms with Crippen LogP contribution >= 0.6 is 0 Å². The van der Waals surface area contributed by atoms with Gasteiger partial charge < -0.3 is 9.72 Å². The van der Waals surface area contributed by atoms with E-state index in [2.05, 4.69) is 77.6 Å². The fourth-order valence-electron chi connectivity index (χ4n) is 4.51. The van der Waals surface area contributed by atoms with Crippen LogP contribution in [0.25, 0.3) is 54.4 Å². The van der Waals surface area contributed by atoms with Gasteiger partial charge in [-0.3, -0.25) is 0 Å². The maximum absolute atomic E-state index is 5.52. The van der Waals surface area contributed by atoms with Crippen LogP contribution < -0.4 is 4.74 Å². The number of ether oxygens (including phenoxy) is 1. The van der Waals surface area contributed by atoms with Gasteiger partial charge in [-0.2, -0.15) is 0 Å². The molecule has 4 aromatic carbocycles. The van der Waals surface area contributed by atoms with Gasteiger partial charge in [-0.1, -0.05) is 24.3 Å². The third-order valence-corrected chi connectivity index (χ3v) is 6.10. The first kappa shape index (κ1) is 16.3. The van der Waals surface area contributed by atoms with E-state index in [0.717, 1.165) is 38.6 Å². The molecule has 0 fully saturated rings. The van der Waals surface area contributed by atoms with Crippen molar-refractivity contribution in [2.75, 3.05) is 7.11 Å². The van der Waals surface area contributed by atoms with Gasteiger partial charge in [0.1, 0.15) is 11.3 Å². The molecule has 2 aromatic heterocycles. The third kappa shape index (κ3) is 2.14. The van der Waals surface area contributed by atoms with Crippen molar-refractivity contribution in [3.05, 3.63) is 65.7 Å². The second kappa shape index (κ2) is 5.67. The molecule has 29 heavy (non-hydrogen) atoms. The Morgan fingerprint density at radius 2 is 1.52 bits per heavy atom. The Morgan fingerprint density at radius 3 is 2.34 bits per heavy atom. The molecular weight excluding hydrogens is 358 g/mol. The Bertz CT molecular complexity index is 1610. The molecule has 6 rings (SSSR count). The van der Waals surface area contributed by atoms with Crippen molar-refractivity contribution in [3.63, 3.8) is 0 Å². The number of aromatic amines is 1. The van der Waals surface area contributed by atoms with Crippen LogP contribution in [0.4, 0.5) is 0 Å². The molecule has 0 spiro atoms. The lowest BCUT2D eigenvalue weighted by molar-refractivity contribution is 0.415. The summed E-state index contributed by atoms with van der Waals surface area (Å²) in [5.41, 5.74) is 5.36. The van der Waals surface area contributed by atoms with E-state index in [4.69, 9.17) is 4.74 Å². The number of pyridine rings is 1. The second-order valence-electron chi connectivity index (χ2n) is 7.71. The molecule has 0 amide bonds. The van der Waals surface area contributed by atoms with Gasteiger partial charge in [0.05, 0.1) is 12.5 Å². The molecule has 4 heteroatoms. The number of rotatable bonds is 1. The summed E-state index contributed by atoms with van der Waals surface area (Å²) >= 11 is 0. The zero-order valence-corrected chi connectivity index (χ0v) is 16.5. The van der Waals surface area contributed by atoms with Gasteiger partial charge in [0.25, 0.3) is 0 Å². The monoisotopic (exact) mass is 377 g/mol. The molecular formula is C25H19N3O. The van der Waals surface area contributed by atoms with E-state index in [1.807, 2.05) is 6.07 Å². The maximum atomic E-state index is 5.52. The molecule has 0 saturated heterocycles. The Labute approximate surface area is 167 Å². The fourth-order valence-corrected chi connectivity index (χ4v) is 4.51. The summed E-state index contributed by atoms with van der Waals surface area (Å²) in [5.74, 6) is 0.836. The zero-order chi connectivity index (χ0) is 19.7. The van der Waals surface area contributed by atoms with Gasteiger partial charge in [0.15, 0.2) is 5.65 Å². The zero-order valence-electron chi connectivity index (χ0n) is 16.5. The summed E-state index contributed by atoms with van der Waals surface area (Å²) in [6, 6.07) is 19.2. The molecule has 0 atom stereocenters. The van der Waals surface area contributed by atoms with Crippen molar-refractivity contribution in [2.24, 2.45) is 0 Å². The average Bonchev–Trinajstić information content (AvgIpc) is 3.11. The number of benzene rings is 3. The Balaban J connectivity index is 2.05. The number of nitrogens with one attached hydrogen (secondary N) is 1. The highest BCUT2D eigenvalue weighted by Crippen LogP contribution is 2.40. The second-order valence-corrected chi connectivity index (χ2v) is 7.71. The van der Waals surface area contributed by atoms with E-state index in [0.29, 0.717) is 0 Å². The standard InChI is InChI=1S/C25H19N3O/c1-13-10-20-21(11-14(13)2)26-25-23-22(20)17-7-5-4-6-16(17)19-12-15(29-3)8-9-18(19)24(23)27-28-25/h4-12H,1-3H3,(H,26,27,28). The predicted octanol–water partition coefficient (Wildman–Crippen LogP) is 6.20. The Morgan fingerprint density at radius 1 is 0.724 bits per heavy atom. The number of hydrogen-bond acceptors (Lipinski definition) is 3. The van der Waals surface area contributed by atoms with Crippen LogP contribution in [0.1, 0.15) is 11.1 Å². The molecule has 140 valence electrons. The first-order valence-corrected chi connectivity index (χ1v) is 9.73. The van der Waals surface area contributed by atoms with E-state index in [-0.39, 0.29) is 0 Å². The fraction of sp³-hybridized carbons (Fsp3) is 0.120. The minimum Gasteiger partial charge on any atom is -0.497 e. The molecule has 1 N–H and O–H groups in total. The van der Waals surface area contributed by atoms with Crippen molar-refractivity contribution in [3.8, 4) is 5.75 Å². The molecule has 0 unspecified atom stereocenters. The molecule has 0 aliphatic rings. The summed E-state index contributed by atoms with van der Waals surface area (Å²) in [4.78, 5) is 3.52. The average molecular weight is 377 g/mol. The lowest BCUT2D eigenvalue weighted by Crippen LogP contribution is -1.88. The van der Waals surface area contributed by atoms with Crippen molar-refractivity contribution >= 4 is 54.4 Å². The van der Waals surface area contributed by atoms with Crippen molar-refractivity contribution < 1.29 is 4.74 Å². The van der Waals surface area contributed by atoms with Gasteiger partial charge in [-0.15, -0.1) is 10.2 Å². The highest BCUT2D eigenvalue weighted by Gasteiger charge is 2.17. The highest BCUT2D eigenvalue weighted by molar-refractivity contribution is 6.33. The maximum Gasteiger partial charge on any atom is 0.163 e. The predicted molar refractivity (Wildman–Crippen MR) is 120 cm³/mol. The largest absolute Gasteiger partial charge is 0.497 e. The first-order chi connectivity index (χ1) is 14.2. The molecule has 0 aliphatic carbocycles. The van der Waals surface area contributed by atoms with Gasteiger partial charge in [-0.05, 0) is 71.5 Å². The van der Waals surface area contributed by atoms with Crippen LogP contribution in [0.3, 0.4) is 0 Å². The number of fused-ring (bicyclic) bond motifs is 7. The van der Waals surface area contributed by atoms with Crippen LogP contribution in [0, 0.1) is 13.8 Å². The van der Waals surface area contributed by atoms with E-state index in [1.165, 1.54) is 32.7 Å². The number of aromatic nitrogens is 3. The molecule has 0 radical (unpaired) electrons. The number of aryl methyl sites for hydroxylation is 2. The van der Waals surface area contributed by atoms with Gasteiger partial charge >= 0.3 is 0 Å². The van der Waals surface area contributed by atoms with Crippen molar-refractivity contribution in [1.82, 2.24) is 15.2 Å². The quantitative estimate of drug-likeness (QED) is 0.371. The smallest absolute Gasteiger partial charge is 0.163 e. The number of hydrogen-bond donors (Lipinski definition) is 1. The van der Waals surface area contributed by atoms with Crippen LogP contribution in [0.15, 0.2) is 54.6 Å². The van der Waals surface area contributed by atoms with Gasteiger partial charge in [0, 0.05) is 21.7 Å². The summed E-state index contributed by atoms with van der Waals surface area (Å²) in [5, 5.41) is 17.2. The number of H-pyrrole nitrogens is 1. The summed E-state index contributed by atoms with van der Waals surface area (Å²) in [7, 11) is 1.70. The minimum absolute atomic E-state index is 0.823. The third-order valence-electron chi connectivity index (χ3n) is 6.10. The molecule has 6 aromatic rings. The Hall–Kier alpha value is -3.66. The van der Waals surface area contributed by atoms with E-state index in [1.54, 1.807) is 7.11 Å².